The molecule has 3 amide bonds. The van der Waals surface area contributed by atoms with Gasteiger partial charge in [-0.25, -0.2) is 0 Å². The van der Waals surface area contributed by atoms with E-state index in [4.69, 9.17) is 16.3 Å². The van der Waals surface area contributed by atoms with Gasteiger partial charge in [-0.1, -0.05) is 73.1 Å². The molecule has 3 heterocycles. The fourth-order valence-corrected chi connectivity index (χ4v) is 8.08. The molecule has 2 aromatic carbocycles. The molecule has 5 rings (SSSR count). The van der Waals surface area contributed by atoms with Crippen molar-refractivity contribution in [2.75, 3.05) is 31.6 Å². The van der Waals surface area contributed by atoms with E-state index in [-0.39, 0.29) is 24.3 Å². The first-order valence-corrected chi connectivity index (χ1v) is 15.1. The van der Waals surface area contributed by atoms with Crippen molar-refractivity contribution in [1.82, 2.24) is 9.80 Å². The first-order valence-electron chi connectivity index (χ1n) is 14.7. The summed E-state index contributed by atoms with van der Waals surface area (Å²) in [5.41, 5.74) is -0.286. The Kier molecular flexibility index (Phi) is 8.33. The van der Waals surface area contributed by atoms with Gasteiger partial charge >= 0.3 is 0 Å². The molecule has 3 saturated heterocycles. The van der Waals surface area contributed by atoms with Crippen LogP contribution >= 0.6 is 11.6 Å². The van der Waals surface area contributed by atoms with Gasteiger partial charge < -0.3 is 24.5 Å². The number of para-hydroxylation sites is 1. The van der Waals surface area contributed by atoms with Crippen LogP contribution in [0.2, 0.25) is 5.02 Å². The fourth-order valence-electron chi connectivity index (χ4n) is 7.75. The van der Waals surface area contributed by atoms with Crippen LogP contribution in [0.1, 0.15) is 37.4 Å². The fraction of sp³-hybridized carbons (Fsp3) is 0.441. The number of halogens is 1. The number of aryl methyl sites for hydroxylation is 1. The van der Waals surface area contributed by atoms with E-state index in [0.717, 1.165) is 5.56 Å². The van der Waals surface area contributed by atoms with E-state index in [1.54, 1.807) is 35.1 Å². The van der Waals surface area contributed by atoms with Crippen LogP contribution in [0.15, 0.2) is 73.8 Å². The molecule has 0 radical (unpaired) electrons. The molecule has 0 aromatic heterocycles. The molecular formula is C34H40ClN3O5. The molecule has 0 aliphatic carbocycles. The highest BCUT2D eigenvalue weighted by atomic mass is 35.5. The Morgan fingerprint density at radius 2 is 1.81 bits per heavy atom. The van der Waals surface area contributed by atoms with Crippen LogP contribution in [0.25, 0.3) is 0 Å². The highest BCUT2D eigenvalue weighted by molar-refractivity contribution is 6.34. The van der Waals surface area contributed by atoms with Gasteiger partial charge in [0.25, 0.3) is 5.91 Å². The van der Waals surface area contributed by atoms with Crippen LogP contribution in [0.4, 0.5) is 5.69 Å². The predicted octanol–water partition coefficient (Wildman–Crippen LogP) is 4.56. The highest BCUT2D eigenvalue weighted by Gasteiger charge is 2.80. The van der Waals surface area contributed by atoms with Gasteiger partial charge in [-0.3, -0.25) is 14.4 Å². The van der Waals surface area contributed by atoms with Crippen LogP contribution in [0.3, 0.4) is 0 Å². The first-order chi connectivity index (χ1) is 20.5. The van der Waals surface area contributed by atoms with E-state index < -0.39 is 47.6 Å². The molecule has 2 bridgehead atoms. The van der Waals surface area contributed by atoms with Crippen LogP contribution in [-0.2, 0) is 19.1 Å². The van der Waals surface area contributed by atoms with Gasteiger partial charge in [-0.05, 0) is 43.4 Å². The maximum absolute atomic E-state index is 15.1. The van der Waals surface area contributed by atoms with E-state index in [0.29, 0.717) is 29.2 Å². The lowest BCUT2D eigenvalue weighted by atomic mass is 9.62. The number of carbonyl (C=O) groups is 3. The normalized spacial score (nSPS) is 29.7. The highest BCUT2D eigenvalue weighted by Crippen LogP contribution is 2.66. The average molecular weight is 606 g/mol. The number of amides is 3. The molecule has 8 nitrogen and oxygen atoms in total. The lowest BCUT2D eigenvalue weighted by molar-refractivity contribution is -0.153. The molecule has 3 aliphatic rings. The summed E-state index contributed by atoms with van der Waals surface area (Å²) in [5, 5.41) is 11.2. The molecule has 43 heavy (non-hydrogen) atoms. The van der Waals surface area contributed by atoms with Gasteiger partial charge in [0.15, 0.2) is 0 Å². The largest absolute Gasteiger partial charge is 0.394 e. The Balaban J connectivity index is 1.72. The maximum atomic E-state index is 15.1. The number of hydrogen-bond acceptors (Lipinski definition) is 5. The first kappa shape index (κ1) is 31.0. The van der Waals surface area contributed by atoms with E-state index in [9.17, 15) is 14.7 Å². The van der Waals surface area contributed by atoms with Crippen molar-refractivity contribution in [3.63, 3.8) is 0 Å². The zero-order valence-corrected chi connectivity index (χ0v) is 26.0. The molecule has 2 aromatic rings. The topological polar surface area (TPSA) is 90.4 Å². The van der Waals surface area contributed by atoms with Gasteiger partial charge in [0.1, 0.15) is 11.6 Å². The number of ether oxygens (including phenoxy) is 1. The summed E-state index contributed by atoms with van der Waals surface area (Å²) in [4.78, 5) is 48.5. The quantitative estimate of drug-likeness (QED) is 0.401. The van der Waals surface area contributed by atoms with Crippen molar-refractivity contribution >= 4 is 35.0 Å². The van der Waals surface area contributed by atoms with Crippen molar-refractivity contribution < 1.29 is 24.2 Å². The smallest absolute Gasteiger partial charge is 0.253 e. The number of fused-ring (bicyclic) bond motifs is 1. The second-order valence-corrected chi connectivity index (χ2v) is 12.6. The molecule has 7 atom stereocenters. The number of likely N-dealkylation sites (tertiary alicyclic amines) is 1. The Bertz CT molecular complexity index is 1430. The van der Waals surface area contributed by atoms with Gasteiger partial charge in [0, 0.05) is 20.1 Å². The molecule has 1 N–H and O–H groups in total. The summed E-state index contributed by atoms with van der Waals surface area (Å²) in [6.07, 6.45) is 3.65. The van der Waals surface area contributed by atoms with E-state index in [1.807, 2.05) is 63.2 Å². The molecule has 1 spiro atoms. The lowest BCUT2D eigenvalue weighted by Gasteiger charge is -2.40. The number of aliphatic hydroxyl groups excluding tert-OH is 1. The second kappa shape index (κ2) is 11.6. The summed E-state index contributed by atoms with van der Waals surface area (Å²) in [7, 11) is 1.68. The Morgan fingerprint density at radius 3 is 2.42 bits per heavy atom. The standard InChI is InChI=1S/C34H40ClN3O5/c1-7-17-36(6)30(40)26-27-31(41)38(25(20-39)23-14-10-9-11-15-23)29(34(27)19-22(4)33(26,5)43-34)32(42)37(18-8-2)28-21(3)13-12-16-24(28)35/h7-16,22,25-27,29,39H,1-2,17-20H2,3-6H3/t22?,25-,26-,27+,29?,33+,34?/m1/s1. The van der Waals surface area contributed by atoms with Crippen molar-refractivity contribution in [1.29, 1.82) is 0 Å². The zero-order chi connectivity index (χ0) is 31.3. The molecule has 3 unspecified atom stereocenters. The number of rotatable bonds is 10. The number of nitrogens with zero attached hydrogens (tertiary/aromatic N) is 3. The maximum Gasteiger partial charge on any atom is 0.253 e. The van der Waals surface area contributed by atoms with Crippen molar-refractivity contribution in [2.45, 2.75) is 50.5 Å². The van der Waals surface area contributed by atoms with Crippen molar-refractivity contribution in [3.05, 3.63) is 90.0 Å². The number of hydrogen-bond donors (Lipinski definition) is 1. The van der Waals surface area contributed by atoms with E-state index in [1.165, 1.54) is 4.90 Å². The molecule has 228 valence electrons. The van der Waals surface area contributed by atoms with Crippen LogP contribution in [0, 0.1) is 24.7 Å². The van der Waals surface area contributed by atoms with Crippen LogP contribution in [-0.4, -0.2) is 76.6 Å². The Morgan fingerprint density at radius 1 is 1.14 bits per heavy atom. The third-order valence-electron chi connectivity index (χ3n) is 9.76. The SMILES string of the molecule is C=CCN(C)C(=O)[C@H]1[C@H]2C(=O)N([C@H](CO)c3ccccc3)C(C(=O)N(CC=C)c3c(C)cccc3Cl)C23CC(C)[C@]1(C)O3. The van der Waals surface area contributed by atoms with Crippen molar-refractivity contribution in [2.24, 2.45) is 17.8 Å². The molecular weight excluding hydrogens is 566 g/mol. The summed E-state index contributed by atoms with van der Waals surface area (Å²) in [6.45, 7) is 13.4. The molecule has 3 aliphatic heterocycles. The Hall–Kier alpha value is -3.46. The number of anilines is 1. The van der Waals surface area contributed by atoms with E-state index >= 15 is 4.79 Å². The molecule has 3 fully saturated rings. The lowest BCUT2D eigenvalue weighted by Crippen LogP contribution is -2.57. The minimum atomic E-state index is -1.30. The minimum Gasteiger partial charge on any atom is -0.394 e. The average Bonchev–Trinajstić information content (AvgIpc) is 3.49. The number of aliphatic hydroxyl groups is 1. The zero-order valence-electron chi connectivity index (χ0n) is 25.2. The van der Waals surface area contributed by atoms with Gasteiger partial charge in [-0.2, -0.15) is 0 Å². The number of benzene rings is 2. The number of likely N-dealkylation sites (N-methyl/N-ethyl adjacent to an activating group) is 1. The van der Waals surface area contributed by atoms with Gasteiger partial charge in [-0.15, -0.1) is 13.2 Å². The second-order valence-electron chi connectivity index (χ2n) is 12.2. The van der Waals surface area contributed by atoms with E-state index in [2.05, 4.69) is 13.2 Å². The van der Waals surface area contributed by atoms with Gasteiger partial charge in [0.2, 0.25) is 11.8 Å². The van der Waals surface area contributed by atoms with Gasteiger partial charge in [0.05, 0.1) is 40.8 Å². The summed E-state index contributed by atoms with van der Waals surface area (Å²) in [5.74, 6) is -2.87. The third-order valence-corrected chi connectivity index (χ3v) is 10.1. The van der Waals surface area contributed by atoms with Crippen molar-refractivity contribution in [3.8, 4) is 0 Å². The summed E-state index contributed by atoms with van der Waals surface area (Å²) in [6, 6.07) is 12.6. The summed E-state index contributed by atoms with van der Waals surface area (Å²) >= 11 is 6.69. The minimum absolute atomic E-state index is 0.128. The Labute approximate surface area is 258 Å². The monoisotopic (exact) mass is 605 g/mol. The molecule has 9 heteroatoms. The van der Waals surface area contributed by atoms with Crippen LogP contribution < -0.4 is 4.90 Å². The van der Waals surface area contributed by atoms with Crippen LogP contribution in [0.5, 0.6) is 0 Å². The summed E-state index contributed by atoms with van der Waals surface area (Å²) < 4.78 is 6.91. The predicted molar refractivity (Wildman–Crippen MR) is 166 cm³/mol. The number of carbonyl (C=O) groups excluding carboxylic acids is 3. The third kappa shape index (κ3) is 4.62. The molecule has 0 saturated carbocycles.